The molecule has 0 N–H and O–H groups in total. The van der Waals surface area contributed by atoms with Crippen LogP contribution in [0.1, 0.15) is 0 Å². The minimum Gasteiger partial charge on any atom is -0.453 e. The van der Waals surface area contributed by atoms with Crippen LogP contribution in [0.5, 0.6) is 11.5 Å². The lowest BCUT2D eigenvalue weighted by Crippen LogP contribution is -2.57. The van der Waals surface area contributed by atoms with E-state index in [-0.39, 0.29) is 6.85 Å². The van der Waals surface area contributed by atoms with Gasteiger partial charge in [-0.15, -0.1) is 11.3 Å². The van der Waals surface area contributed by atoms with Crippen LogP contribution in [0.3, 0.4) is 0 Å². The summed E-state index contributed by atoms with van der Waals surface area (Å²) < 4.78 is 12.0. The van der Waals surface area contributed by atoms with E-state index in [9.17, 15) is 0 Å². The zero-order valence-corrected chi connectivity index (χ0v) is 22.6. The maximum atomic E-state index is 6.59. The lowest BCUT2D eigenvalue weighted by Gasteiger charge is -2.43. The van der Waals surface area contributed by atoms with Gasteiger partial charge in [-0.25, -0.2) is 0 Å². The Balaban J connectivity index is 1.42. The number of nitrogens with zero attached hydrogens (tertiary/aromatic N) is 2. The molecule has 3 aliphatic rings. The number of aromatic nitrogens is 1. The van der Waals surface area contributed by atoms with Gasteiger partial charge in [-0.3, -0.25) is 0 Å². The quantitative estimate of drug-likeness (QED) is 0.180. The smallest absolute Gasteiger partial charge is 0.333 e. The second kappa shape index (κ2) is 7.01. The monoisotopic (exact) mass is 538 g/mol. The van der Waals surface area contributed by atoms with Crippen LogP contribution in [-0.4, -0.2) is 11.3 Å². The van der Waals surface area contributed by atoms with E-state index in [4.69, 9.17) is 4.74 Å². The van der Waals surface area contributed by atoms with Crippen molar-refractivity contribution >= 4 is 88.2 Å². The Morgan fingerprint density at radius 1 is 0.634 bits per heavy atom. The Morgan fingerprint density at radius 3 is 2.39 bits per heavy atom. The van der Waals surface area contributed by atoms with E-state index in [1.165, 1.54) is 69.7 Å². The van der Waals surface area contributed by atoms with Gasteiger partial charge in [-0.05, 0) is 57.6 Å². The fourth-order valence-corrected chi connectivity index (χ4v) is 9.06. The Kier molecular flexibility index (Phi) is 3.56. The van der Waals surface area contributed by atoms with Crippen LogP contribution < -0.4 is 20.6 Å². The minimum absolute atomic E-state index is 0.0255. The molecule has 5 heterocycles. The standard InChI is InChI=1S/C36H19BN2OS/c1-2-10-21-20(9-1)19-27-32-31(21)23-12-7-13-24-33(23)39(34-22-11-3-6-18-30(22)41-36(24)34)37(32)25-14-8-17-29-35(25)38(27)26-15-4-5-16-28(26)40-29/h1-19H. The third-order valence-corrected chi connectivity index (χ3v) is 10.5. The third-order valence-electron chi connectivity index (χ3n) is 9.32. The molecule has 0 unspecified atom stereocenters. The van der Waals surface area contributed by atoms with Gasteiger partial charge in [0.1, 0.15) is 0 Å². The molecule has 3 nitrogen and oxygen atoms in total. The van der Waals surface area contributed by atoms with E-state index in [2.05, 4.69) is 125 Å². The van der Waals surface area contributed by atoms with E-state index in [0.717, 1.165) is 22.9 Å². The number of para-hydroxylation sites is 4. The molecule has 41 heavy (non-hydrogen) atoms. The highest BCUT2D eigenvalue weighted by Gasteiger charge is 2.46. The highest BCUT2D eigenvalue weighted by Crippen LogP contribution is 2.54. The summed E-state index contributed by atoms with van der Waals surface area (Å²) in [7, 11) is 0. The second-order valence-corrected chi connectivity index (χ2v) is 12.3. The van der Waals surface area contributed by atoms with Gasteiger partial charge in [0, 0.05) is 32.2 Å². The van der Waals surface area contributed by atoms with Gasteiger partial charge >= 0.3 is 6.85 Å². The van der Waals surface area contributed by atoms with E-state index >= 15 is 0 Å². The second-order valence-electron chi connectivity index (χ2n) is 11.3. The van der Waals surface area contributed by atoms with Gasteiger partial charge < -0.3 is 14.1 Å². The average molecular weight is 538 g/mol. The summed E-state index contributed by atoms with van der Waals surface area (Å²) in [6, 6.07) is 42.1. The first-order chi connectivity index (χ1) is 20.4. The van der Waals surface area contributed by atoms with Crippen LogP contribution >= 0.6 is 11.3 Å². The van der Waals surface area contributed by atoms with Gasteiger partial charge in [0.2, 0.25) is 0 Å². The van der Waals surface area contributed by atoms with Crippen molar-refractivity contribution in [2.75, 3.05) is 4.90 Å². The number of ether oxygens (including phenoxy) is 1. The number of hydrogen-bond acceptors (Lipinski definition) is 3. The summed E-state index contributed by atoms with van der Waals surface area (Å²) in [6.07, 6.45) is 0. The van der Waals surface area contributed by atoms with Crippen molar-refractivity contribution in [2.24, 2.45) is 0 Å². The van der Waals surface area contributed by atoms with Gasteiger partial charge in [-0.2, -0.15) is 0 Å². The molecule has 8 aromatic rings. The zero-order valence-electron chi connectivity index (χ0n) is 21.8. The summed E-state index contributed by atoms with van der Waals surface area (Å²) in [6.45, 7) is 0.0255. The zero-order chi connectivity index (χ0) is 26.4. The maximum absolute atomic E-state index is 6.59. The molecule has 0 atom stereocenters. The summed E-state index contributed by atoms with van der Waals surface area (Å²) in [5, 5.41) is 5.24. The lowest BCUT2D eigenvalue weighted by molar-refractivity contribution is 0.477. The number of benzene rings is 6. The van der Waals surface area contributed by atoms with E-state index in [1.807, 2.05) is 11.3 Å². The van der Waals surface area contributed by atoms with Gasteiger partial charge in [0.05, 0.1) is 21.6 Å². The predicted molar refractivity (Wildman–Crippen MR) is 173 cm³/mol. The maximum Gasteiger partial charge on any atom is 0.333 e. The third kappa shape index (κ3) is 2.33. The number of hydrogen-bond donors (Lipinski definition) is 0. The molecular formula is C36H19BN2OS. The first kappa shape index (κ1) is 20.8. The molecule has 2 aromatic heterocycles. The number of anilines is 3. The average Bonchev–Trinajstić information content (AvgIpc) is 3.56. The highest BCUT2D eigenvalue weighted by atomic mass is 32.1. The molecule has 0 fully saturated rings. The lowest BCUT2D eigenvalue weighted by atomic mass is 9.44. The van der Waals surface area contributed by atoms with Crippen LogP contribution in [0.2, 0.25) is 0 Å². The van der Waals surface area contributed by atoms with Crippen LogP contribution in [0, 0.1) is 0 Å². The van der Waals surface area contributed by atoms with Crippen LogP contribution in [0.15, 0.2) is 115 Å². The molecular weight excluding hydrogens is 519 g/mol. The molecule has 5 heteroatoms. The van der Waals surface area contributed by atoms with Crippen molar-refractivity contribution < 1.29 is 4.74 Å². The number of rotatable bonds is 0. The molecule has 0 radical (unpaired) electrons. The SMILES string of the molecule is c1ccc2c(c1)Oc1cccc3c1N2c1cc2ccccc2c2c1B3n1c3c-2cccc3c2sc3ccccc3c21. The molecule has 0 amide bonds. The molecule has 0 spiro atoms. The van der Waals surface area contributed by atoms with Crippen molar-refractivity contribution in [3.63, 3.8) is 0 Å². The van der Waals surface area contributed by atoms with E-state index in [0.29, 0.717) is 0 Å². The molecule has 11 rings (SSSR count). The van der Waals surface area contributed by atoms with Crippen molar-refractivity contribution in [1.82, 2.24) is 4.48 Å². The summed E-state index contributed by atoms with van der Waals surface area (Å²) >= 11 is 1.92. The molecule has 0 aliphatic carbocycles. The van der Waals surface area contributed by atoms with Crippen LogP contribution in [0.4, 0.5) is 17.1 Å². The molecule has 0 bridgehead atoms. The summed E-state index contributed by atoms with van der Waals surface area (Å²) in [5.74, 6) is 1.80. The Bertz CT molecular complexity index is 2490. The predicted octanol–water partition coefficient (Wildman–Crippen LogP) is 8.69. The van der Waals surface area contributed by atoms with E-state index in [1.54, 1.807) is 0 Å². The van der Waals surface area contributed by atoms with Crippen LogP contribution in [0.25, 0.3) is 53.1 Å². The van der Waals surface area contributed by atoms with Gasteiger partial charge in [0.15, 0.2) is 11.5 Å². The first-order valence-corrected chi connectivity index (χ1v) is 14.9. The minimum atomic E-state index is 0.0255. The Labute approximate surface area is 239 Å². The molecule has 0 saturated heterocycles. The van der Waals surface area contributed by atoms with Crippen LogP contribution in [-0.2, 0) is 0 Å². The van der Waals surface area contributed by atoms with E-state index < -0.39 is 0 Å². The molecule has 6 aromatic carbocycles. The molecule has 0 saturated carbocycles. The largest absolute Gasteiger partial charge is 0.453 e. The Hall–Kier alpha value is -5.00. The summed E-state index contributed by atoms with van der Waals surface area (Å²) in [4.78, 5) is 2.46. The fourth-order valence-electron chi connectivity index (χ4n) is 7.83. The first-order valence-electron chi connectivity index (χ1n) is 14.1. The van der Waals surface area contributed by atoms with Crippen molar-refractivity contribution in [3.05, 3.63) is 115 Å². The fraction of sp³-hybridized carbons (Fsp3) is 0. The summed E-state index contributed by atoms with van der Waals surface area (Å²) in [5.41, 5.74) is 11.5. The normalized spacial score (nSPS) is 14.0. The topological polar surface area (TPSA) is 17.4 Å². The molecule has 3 aliphatic heterocycles. The van der Waals surface area contributed by atoms with Gasteiger partial charge in [-0.1, -0.05) is 84.9 Å². The number of thiophene rings is 1. The highest BCUT2D eigenvalue weighted by molar-refractivity contribution is 7.27. The van der Waals surface area contributed by atoms with Crippen molar-refractivity contribution in [3.8, 4) is 22.6 Å². The molecule has 188 valence electrons. The van der Waals surface area contributed by atoms with Crippen molar-refractivity contribution in [1.29, 1.82) is 0 Å². The number of fused-ring (bicyclic) bond motifs is 13. The van der Waals surface area contributed by atoms with Crippen molar-refractivity contribution in [2.45, 2.75) is 0 Å². The Morgan fingerprint density at radius 2 is 1.41 bits per heavy atom. The van der Waals surface area contributed by atoms with Gasteiger partial charge in [0.25, 0.3) is 0 Å².